The van der Waals surface area contributed by atoms with Gasteiger partial charge in [-0.1, -0.05) is 0 Å². The lowest BCUT2D eigenvalue weighted by molar-refractivity contribution is -0.136. The van der Waals surface area contributed by atoms with Crippen LogP contribution in [0, 0.1) is 32.5 Å². The van der Waals surface area contributed by atoms with E-state index in [0.29, 0.717) is 44.2 Å². The van der Waals surface area contributed by atoms with Gasteiger partial charge in [0.05, 0.1) is 11.6 Å². The first-order chi connectivity index (χ1) is 16.8. The number of nitrogens with zero attached hydrogens (tertiary/aromatic N) is 7. The number of anilines is 2. The molecule has 10 heteroatoms. The third-order valence-electron chi connectivity index (χ3n) is 6.57. The molecule has 2 aromatic heterocycles. The molecule has 1 atom stereocenters. The summed E-state index contributed by atoms with van der Waals surface area (Å²) < 4.78 is 15.1. The highest BCUT2D eigenvalue weighted by molar-refractivity contribution is 6.00. The summed E-state index contributed by atoms with van der Waals surface area (Å²) in [5.74, 6) is 1.33. The number of hydrogen-bond donors (Lipinski definition) is 0. The van der Waals surface area contributed by atoms with Crippen LogP contribution >= 0.6 is 0 Å². The van der Waals surface area contributed by atoms with Gasteiger partial charge < -0.3 is 14.7 Å². The third-order valence-corrected chi connectivity index (χ3v) is 6.57. The largest absolute Gasteiger partial charge is 0.353 e. The van der Waals surface area contributed by atoms with Crippen molar-refractivity contribution < 1.29 is 14.0 Å². The van der Waals surface area contributed by atoms with E-state index < -0.39 is 5.92 Å². The highest BCUT2D eigenvalue weighted by atomic mass is 19.1. The van der Waals surface area contributed by atoms with Gasteiger partial charge in [0, 0.05) is 56.6 Å². The van der Waals surface area contributed by atoms with Gasteiger partial charge >= 0.3 is 0 Å². The van der Waals surface area contributed by atoms with Crippen LogP contribution < -0.4 is 9.80 Å². The van der Waals surface area contributed by atoms with Crippen LogP contribution in [-0.2, 0) is 9.59 Å². The van der Waals surface area contributed by atoms with Gasteiger partial charge in [-0.05, 0) is 51.1 Å². The molecule has 5 rings (SSSR count). The molecule has 2 aliphatic rings. The monoisotopic (exact) mass is 477 g/mol. The van der Waals surface area contributed by atoms with E-state index in [1.807, 2.05) is 42.5 Å². The number of carbonyl (C=O) groups is 2. The molecule has 0 saturated carbocycles. The lowest BCUT2D eigenvalue weighted by atomic mass is 10.1. The zero-order chi connectivity index (χ0) is 24.7. The van der Waals surface area contributed by atoms with E-state index in [4.69, 9.17) is 0 Å². The lowest BCUT2D eigenvalue weighted by Gasteiger charge is -2.36. The summed E-state index contributed by atoms with van der Waals surface area (Å²) in [5, 5.41) is 4.53. The van der Waals surface area contributed by atoms with E-state index in [2.05, 4.69) is 20.0 Å². The third kappa shape index (κ3) is 4.60. The number of halogens is 1. The summed E-state index contributed by atoms with van der Waals surface area (Å²) in [6.07, 6.45) is 0.174. The quantitative estimate of drug-likeness (QED) is 0.574. The van der Waals surface area contributed by atoms with Crippen molar-refractivity contribution in [2.24, 2.45) is 5.92 Å². The predicted octanol–water partition coefficient (Wildman–Crippen LogP) is 2.43. The van der Waals surface area contributed by atoms with Gasteiger partial charge in [0.15, 0.2) is 5.82 Å². The van der Waals surface area contributed by atoms with E-state index in [1.165, 1.54) is 12.1 Å². The summed E-state index contributed by atoms with van der Waals surface area (Å²) in [7, 11) is 0. The van der Waals surface area contributed by atoms with Crippen LogP contribution in [0.3, 0.4) is 0 Å². The van der Waals surface area contributed by atoms with Crippen LogP contribution in [0.4, 0.5) is 15.9 Å². The van der Waals surface area contributed by atoms with Crippen molar-refractivity contribution in [3.8, 4) is 5.82 Å². The Labute approximate surface area is 203 Å². The normalized spacial score (nSPS) is 18.5. The maximum Gasteiger partial charge on any atom is 0.228 e. The van der Waals surface area contributed by atoms with E-state index in [1.54, 1.807) is 17.0 Å². The first kappa shape index (κ1) is 22.9. The molecule has 1 unspecified atom stereocenters. The minimum Gasteiger partial charge on any atom is -0.353 e. The Morgan fingerprint density at radius 3 is 2.31 bits per heavy atom. The van der Waals surface area contributed by atoms with E-state index >= 15 is 0 Å². The molecule has 2 aliphatic heterocycles. The van der Waals surface area contributed by atoms with Crippen LogP contribution in [0.2, 0.25) is 0 Å². The Bertz CT molecular complexity index is 1270. The second kappa shape index (κ2) is 9.09. The van der Waals surface area contributed by atoms with Crippen molar-refractivity contribution in [3.05, 3.63) is 59.4 Å². The fourth-order valence-electron chi connectivity index (χ4n) is 4.83. The number of rotatable bonds is 4. The maximum atomic E-state index is 13.2. The van der Waals surface area contributed by atoms with Crippen molar-refractivity contribution in [1.82, 2.24) is 24.6 Å². The average Bonchev–Trinajstić information content (AvgIpc) is 3.40. The SMILES string of the molecule is Cc1cc(C)n(-c2cc(N3CCN(C(=O)C4CC(=O)N(c5ccc(F)cc5)C4)CC3)nc(C)n2)n1. The second-order valence-corrected chi connectivity index (χ2v) is 9.16. The molecule has 4 heterocycles. The Morgan fingerprint density at radius 2 is 1.66 bits per heavy atom. The molecule has 9 nitrogen and oxygen atoms in total. The van der Waals surface area contributed by atoms with Gasteiger partial charge in [-0.3, -0.25) is 9.59 Å². The number of piperazine rings is 1. The molecule has 182 valence electrons. The van der Waals surface area contributed by atoms with E-state index in [0.717, 1.165) is 23.0 Å². The van der Waals surface area contributed by atoms with Gasteiger partial charge in [-0.25, -0.2) is 19.0 Å². The van der Waals surface area contributed by atoms with Crippen molar-refractivity contribution in [3.63, 3.8) is 0 Å². The molecule has 3 aromatic rings. The molecule has 2 fully saturated rings. The fourth-order valence-corrected chi connectivity index (χ4v) is 4.83. The Balaban J connectivity index is 1.24. The summed E-state index contributed by atoms with van der Waals surface area (Å²) in [4.78, 5) is 40.4. The van der Waals surface area contributed by atoms with E-state index in [-0.39, 0.29) is 24.1 Å². The molecule has 1 aromatic carbocycles. The molecule has 0 bridgehead atoms. The Hall–Kier alpha value is -3.82. The van der Waals surface area contributed by atoms with Gasteiger partial charge in [0.2, 0.25) is 11.8 Å². The minimum absolute atomic E-state index is 0.00944. The highest BCUT2D eigenvalue weighted by Gasteiger charge is 2.38. The van der Waals surface area contributed by atoms with Crippen LogP contribution in [0.25, 0.3) is 5.82 Å². The zero-order valence-corrected chi connectivity index (χ0v) is 20.1. The summed E-state index contributed by atoms with van der Waals surface area (Å²) in [5.41, 5.74) is 2.55. The molecule has 0 radical (unpaired) electrons. The molecule has 0 aliphatic carbocycles. The number of amides is 2. The molecule has 0 spiro atoms. The average molecular weight is 478 g/mol. The van der Waals surface area contributed by atoms with Crippen molar-refractivity contribution in [1.29, 1.82) is 0 Å². The summed E-state index contributed by atoms with van der Waals surface area (Å²) in [6, 6.07) is 9.73. The molecule has 2 amide bonds. The first-order valence-corrected chi connectivity index (χ1v) is 11.8. The van der Waals surface area contributed by atoms with Gasteiger partial charge in [-0.2, -0.15) is 5.10 Å². The summed E-state index contributed by atoms with van der Waals surface area (Å²) >= 11 is 0. The zero-order valence-electron chi connectivity index (χ0n) is 20.1. The molecule has 0 N–H and O–H groups in total. The number of hydrogen-bond acceptors (Lipinski definition) is 6. The minimum atomic E-state index is -0.391. The van der Waals surface area contributed by atoms with Crippen LogP contribution in [0.15, 0.2) is 36.4 Å². The van der Waals surface area contributed by atoms with Crippen molar-refractivity contribution in [2.75, 3.05) is 42.5 Å². The Kier molecular flexibility index (Phi) is 5.96. The Morgan fingerprint density at radius 1 is 0.971 bits per heavy atom. The van der Waals surface area contributed by atoms with Crippen molar-refractivity contribution in [2.45, 2.75) is 27.2 Å². The predicted molar refractivity (Wildman–Crippen MR) is 129 cm³/mol. The molecular formula is C25H28FN7O2. The highest BCUT2D eigenvalue weighted by Crippen LogP contribution is 2.27. The maximum absolute atomic E-state index is 13.2. The second-order valence-electron chi connectivity index (χ2n) is 9.16. The number of benzene rings is 1. The fraction of sp³-hybridized carbons (Fsp3) is 0.400. The number of aromatic nitrogens is 4. The lowest BCUT2D eigenvalue weighted by Crippen LogP contribution is -2.51. The number of aryl methyl sites for hydroxylation is 3. The van der Waals surface area contributed by atoms with E-state index in [9.17, 15) is 14.0 Å². The first-order valence-electron chi connectivity index (χ1n) is 11.8. The van der Waals surface area contributed by atoms with Gasteiger partial charge in [0.25, 0.3) is 0 Å². The van der Waals surface area contributed by atoms with Crippen LogP contribution in [-0.4, -0.2) is 69.2 Å². The van der Waals surface area contributed by atoms with Gasteiger partial charge in [0.1, 0.15) is 17.5 Å². The topological polar surface area (TPSA) is 87.5 Å². The van der Waals surface area contributed by atoms with Crippen molar-refractivity contribution >= 4 is 23.3 Å². The molecule has 35 heavy (non-hydrogen) atoms. The van der Waals surface area contributed by atoms with Crippen LogP contribution in [0.1, 0.15) is 23.6 Å². The summed E-state index contributed by atoms with van der Waals surface area (Å²) in [6.45, 7) is 8.51. The number of carbonyl (C=O) groups excluding carboxylic acids is 2. The standard InChI is InChI=1S/C25H28FN7O2/c1-16-12-17(2)33(29-16)23-14-22(27-18(3)28-23)30-8-10-31(11-9-30)25(35)19-13-24(34)32(15-19)21-6-4-20(26)5-7-21/h4-7,12,14,19H,8-11,13,15H2,1-3H3. The van der Waals surface area contributed by atoms with Gasteiger partial charge in [-0.15, -0.1) is 0 Å². The smallest absolute Gasteiger partial charge is 0.228 e. The van der Waals surface area contributed by atoms with Crippen LogP contribution in [0.5, 0.6) is 0 Å². The molecular weight excluding hydrogens is 449 g/mol. The molecule has 2 saturated heterocycles.